The molecule has 1 aromatic rings. The first-order chi connectivity index (χ1) is 4.61. The van der Waals surface area contributed by atoms with Gasteiger partial charge in [0.2, 0.25) is 0 Å². The molecular weight excluding hydrogens is 323 g/mol. The van der Waals surface area contributed by atoms with Gasteiger partial charge in [0.15, 0.2) is 0 Å². The van der Waals surface area contributed by atoms with Gasteiger partial charge in [0.25, 0.3) is 0 Å². The Labute approximate surface area is 88.1 Å². The quantitative estimate of drug-likeness (QED) is 0.545. The summed E-state index contributed by atoms with van der Waals surface area (Å²) >= 11 is 9.96. The van der Waals surface area contributed by atoms with Gasteiger partial charge in [-0.1, -0.05) is 0 Å². The minimum atomic E-state index is 0.995. The Balaban J connectivity index is 3.28. The minimum absolute atomic E-state index is 0.995. The Kier molecular flexibility index (Phi) is 3.06. The van der Waals surface area contributed by atoms with Crippen LogP contribution in [-0.2, 0) is 0 Å². The first kappa shape index (κ1) is 8.87. The second-order valence-electron chi connectivity index (χ2n) is 2.05. The summed E-state index contributed by atoms with van der Waals surface area (Å²) in [6, 6.07) is 4.12. The molecule has 0 heterocycles. The third-order valence-corrected chi connectivity index (χ3v) is 3.72. The maximum absolute atomic E-state index is 4.26. The van der Waals surface area contributed by atoms with E-state index in [1.807, 2.05) is 6.07 Å². The summed E-state index contributed by atoms with van der Waals surface area (Å²) in [4.78, 5) is 0.995. The lowest BCUT2D eigenvalue weighted by atomic mass is 10.2. The van der Waals surface area contributed by atoms with Crippen molar-refractivity contribution in [3.8, 4) is 0 Å². The van der Waals surface area contributed by atoms with Gasteiger partial charge < -0.3 is 0 Å². The fourth-order valence-electron chi connectivity index (χ4n) is 0.636. The van der Waals surface area contributed by atoms with Crippen molar-refractivity contribution >= 4 is 51.1 Å². The summed E-state index contributed by atoms with van der Waals surface area (Å²) in [5, 5.41) is 0. The molecule has 1 rings (SSSR count). The van der Waals surface area contributed by atoms with Gasteiger partial charge in [0, 0.05) is 12.9 Å². The molecule has 0 saturated carbocycles. The molecule has 3 heteroatoms. The topological polar surface area (TPSA) is 0 Å². The second kappa shape index (κ2) is 3.45. The number of aryl methyl sites for hydroxylation is 1. The monoisotopic (exact) mass is 328 g/mol. The van der Waals surface area contributed by atoms with Crippen LogP contribution < -0.4 is 0 Å². The van der Waals surface area contributed by atoms with Crippen LogP contribution in [0, 0.1) is 10.5 Å². The third kappa shape index (κ3) is 1.89. The molecule has 10 heavy (non-hydrogen) atoms. The van der Waals surface area contributed by atoms with Crippen molar-refractivity contribution in [2.45, 2.75) is 11.8 Å². The highest BCUT2D eigenvalue weighted by Crippen LogP contribution is 2.25. The van der Waals surface area contributed by atoms with Crippen molar-refractivity contribution in [1.82, 2.24) is 0 Å². The zero-order valence-electron chi connectivity index (χ0n) is 5.36. The highest BCUT2D eigenvalue weighted by Gasteiger charge is 1.98. The number of benzene rings is 1. The van der Waals surface area contributed by atoms with Gasteiger partial charge >= 0.3 is 0 Å². The molecule has 0 nitrogen and oxygen atoms in total. The second-order valence-corrected chi connectivity index (χ2v) is 4.55. The summed E-state index contributed by atoms with van der Waals surface area (Å²) in [7, 11) is 0. The SMILES string of the molecule is Cc1cc(Br)c(S)cc1I. The zero-order valence-corrected chi connectivity index (χ0v) is 10.00. The van der Waals surface area contributed by atoms with E-state index >= 15 is 0 Å². The van der Waals surface area contributed by atoms with E-state index in [2.05, 4.69) is 64.1 Å². The first-order valence-corrected chi connectivity index (χ1v) is 5.08. The Morgan fingerprint density at radius 1 is 1.50 bits per heavy atom. The van der Waals surface area contributed by atoms with E-state index in [1.54, 1.807) is 0 Å². The predicted molar refractivity (Wildman–Crippen MR) is 58.8 cm³/mol. The van der Waals surface area contributed by atoms with Crippen LogP contribution in [0.25, 0.3) is 0 Å². The van der Waals surface area contributed by atoms with Crippen molar-refractivity contribution in [2.24, 2.45) is 0 Å². The molecule has 0 N–H and O–H groups in total. The smallest absolute Gasteiger partial charge is 0.0312 e. The Morgan fingerprint density at radius 2 is 2.10 bits per heavy atom. The summed E-state index contributed by atoms with van der Waals surface area (Å²) in [5.74, 6) is 0. The van der Waals surface area contributed by atoms with E-state index in [4.69, 9.17) is 0 Å². The van der Waals surface area contributed by atoms with Gasteiger partial charge in [0.05, 0.1) is 0 Å². The first-order valence-electron chi connectivity index (χ1n) is 2.76. The third-order valence-electron chi connectivity index (χ3n) is 1.23. The van der Waals surface area contributed by atoms with Crippen LogP contribution in [0.3, 0.4) is 0 Å². The van der Waals surface area contributed by atoms with Gasteiger partial charge in [-0.2, -0.15) is 0 Å². The van der Waals surface area contributed by atoms with E-state index in [-0.39, 0.29) is 0 Å². The van der Waals surface area contributed by atoms with Crippen molar-refractivity contribution in [2.75, 3.05) is 0 Å². The molecule has 0 bridgehead atoms. The lowest BCUT2D eigenvalue weighted by Crippen LogP contribution is -1.80. The molecule has 0 unspecified atom stereocenters. The predicted octanol–water partition coefficient (Wildman–Crippen LogP) is 3.65. The van der Waals surface area contributed by atoms with Crippen molar-refractivity contribution < 1.29 is 0 Å². The molecule has 0 spiro atoms. The molecule has 0 amide bonds. The molecule has 0 aliphatic rings. The van der Waals surface area contributed by atoms with E-state index in [9.17, 15) is 0 Å². The summed E-state index contributed by atoms with van der Waals surface area (Å²) < 4.78 is 2.32. The van der Waals surface area contributed by atoms with Gasteiger partial charge in [0.1, 0.15) is 0 Å². The van der Waals surface area contributed by atoms with Gasteiger partial charge in [-0.25, -0.2) is 0 Å². The van der Waals surface area contributed by atoms with Crippen LogP contribution in [0.4, 0.5) is 0 Å². The Hall–Kier alpha value is 0.780. The number of hydrogen-bond donors (Lipinski definition) is 1. The van der Waals surface area contributed by atoms with Crippen LogP contribution in [0.2, 0.25) is 0 Å². The van der Waals surface area contributed by atoms with Gasteiger partial charge in [-0.05, 0) is 63.1 Å². The maximum atomic E-state index is 4.26. The molecule has 0 fully saturated rings. The molecule has 0 saturated heterocycles. The Morgan fingerprint density at radius 3 is 2.60 bits per heavy atom. The molecule has 0 radical (unpaired) electrons. The van der Waals surface area contributed by atoms with E-state index in [0.29, 0.717) is 0 Å². The van der Waals surface area contributed by atoms with Crippen molar-refractivity contribution in [3.05, 3.63) is 25.7 Å². The zero-order chi connectivity index (χ0) is 7.72. The fraction of sp³-hybridized carbons (Fsp3) is 0.143. The molecule has 0 aromatic heterocycles. The van der Waals surface area contributed by atoms with E-state index in [0.717, 1.165) is 9.37 Å². The number of halogens is 2. The molecule has 0 aliphatic carbocycles. The van der Waals surface area contributed by atoms with E-state index in [1.165, 1.54) is 9.13 Å². The van der Waals surface area contributed by atoms with E-state index < -0.39 is 0 Å². The van der Waals surface area contributed by atoms with Crippen LogP contribution >= 0.6 is 51.1 Å². The van der Waals surface area contributed by atoms with Crippen LogP contribution in [0.15, 0.2) is 21.5 Å². The summed E-state index contributed by atoms with van der Waals surface area (Å²) in [6.45, 7) is 2.08. The minimum Gasteiger partial charge on any atom is -0.142 e. The Bertz CT molecular complexity index is 210. The standard InChI is InChI=1S/C7H6BrIS/c1-4-2-5(8)7(10)3-6(4)9/h2-3,10H,1H3. The number of rotatable bonds is 0. The number of thiol groups is 1. The molecular formula is C7H6BrIS. The highest BCUT2D eigenvalue weighted by atomic mass is 127. The average Bonchev–Trinajstić information content (AvgIpc) is 1.84. The summed E-state index contributed by atoms with van der Waals surface area (Å²) in [5.41, 5.74) is 1.28. The van der Waals surface area contributed by atoms with Crippen molar-refractivity contribution in [1.29, 1.82) is 0 Å². The lowest BCUT2D eigenvalue weighted by molar-refractivity contribution is 1.31. The lowest BCUT2D eigenvalue weighted by Gasteiger charge is -2.00. The normalized spacial score (nSPS) is 10.0. The highest BCUT2D eigenvalue weighted by molar-refractivity contribution is 14.1. The maximum Gasteiger partial charge on any atom is 0.0312 e. The molecule has 0 atom stereocenters. The van der Waals surface area contributed by atoms with Crippen LogP contribution in [0.1, 0.15) is 5.56 Å². The fourth-order valence-corrected chi connectivity index (χ4v) is 2.00. The van der Waals surface area contributed by atoms with Crippen LogP contribution in [-0.4, -0.2) is 0 Å². The molecule has 54 valence electrons. The van der Waals surface area contributed by atoms with Gasteiger partial charge in [-0.15, -0.1) is 12.6 Å². The summed E-state index contributed by atoms with van der Waals surface area (Å²) in [6.07, 6.45) is 0. The number of hydrogen-bond acceptors (Lipinski definition) is 1. The largest absolute Gasteiger partial charge is 0.142 e. The molecule has 1 aromatic carbocycles. The van der Waals surface area contributed by atoms with Gasteiger partial charge in [-0.3, -0.25) is 0 Å². The molecule has 0 aliphatic heterocycles. The van der Waals surface area contributed by atoms with Crippen molar-refractivity contribution in [3.63, 3.8) is 0 Å². The van der Waals surface area contributed by atoms with Crippen LogP contribution in [0.5, 0.6) is 0 Å². The average molecular weight is 329 g/mol.